The average molecular weight is 195 g/mol. The second kappa shape index (κ2) is 3.38. The van der Waals surface area contributed by atoms with E-state index in [1.807, 2.05) is 0 Å². The zero-order valence-electron chi connectivity index (χ0n) is 7.95. The van der Waals surface area contributed by atoms with Gasteiger partial charge in [0.15, 0.2) is 0 Å². The van der Waals surface area contributed by atoms with Crippen LogP contribution in [0.25, 0.3) is 0 Å². The van der Waals surface area contributed by atoms with E-state index in [1.54, 1.807) is 6.92 Å². The van der Waals surface area contributed by atoms with Crippen molar-refractivity contribution < 1.29 is 4.79 Å². The highest BCUT2D eigenvalue weighted by Gasteiger charge is 2.28. The molecule has 1 aliphatic carbocycles. The average Bonchev–Trinajstić information content (AvgIpc) is 2.49. The van der Waals surface area contributed by atoms with Crippen LogP contribution in [-0.4, -0.2) is 33.2 Å². The van der Waals surface area contributed by atoms with Crippen molar-refractivity contribution in [3.63, 3.8) is 0 Å². The van der Waals surface area contributed by atoms with Crippen molar-refractivity contribution in [2.24, 2.45) is 5.73 Å². The fourth-order valence-corrected chi connectivity index (χ4v) is 1.47. The van der Waals surface area contributed by atoms with Crippen molar-refractivity contribution in [3.8, 4) is 0 Å². The van der Waals surface area contributed by atoms with Gasteiger partial charge in [0, 0.05) is 12.1 Å². The molecule has 1 fully saturated rings. The summed E-state index contributed by atoms with van der Waals surface area (Å²) in [6.45, 7) is 1.75. The molecule has 1 saturated carbocycles. The molecule has 0 spiro atoms. The largest absolute Gasteiger partial charge is 0.346 e. The van der Waals surface area contributed by atoms with Crippen LogP contribution in [-0.2, 0) is 0 Å². The number of carbonyl (C=O) groups is 1. The molecule has 0 saturated heterocycles. The Morgan fingerprint density at radius 2 is 2.36 bits per heavy atom. The SMILES string of the molecule is Cc1nc(C(=O)NC2CC(N)C2)n[nH]1. The quantitative estimate of drug-likeness (QED) is 0.583. The van der Waals surface area contributed by atoms with E-state index in [9.17, 15) is 4.79 Å². The summed E-state index contributed by atoms with van der Waals surface area (Å²) in [4.78, 5) is 15.4. The van der Waals surface area contributed by atoms with Gasteiger partial charge in [-0.25, -0.2) is 4.98 Å². The molecular weight excluding hydrogens is 182 g/mol. The zero-order chi connectivity index (χ0) is 10.1. The first kappa shape index (κ1) is 9.14. The zero-order valence-corrected chi connectivity index (χ0v) is 7.95. The van der Waals surface area contributed by atoms with Crippen molar-refractivity contribution in [2.75, 3.05) is 0 Å². The van der Waals surface area contributed by atoms with Crippen molar-refractivity contribution in [1.82, 2.24) is 20.5 Å². The van der Waals surface area contributed by atoms with Crippen LogP contribution >= 0.6 is 0 Å². The molecule has 1 aliphatic rings. The van der Waals surface area contributed by atoms with Gasteiger partial charge in [-0.15, -0.1) is 5.10 Å². The molecule has 6 nitrogen and oxygen atoms in total. The lowest BCUT2D eigenvalue weighted by atomic mass is 9.88. The number of carbonyl (C=O) groups excluding carboxylic acids is 1. The van der Waals surface area contributed by atoms with Crippen LogP contribution in [0.1, 0.15) is 29.3 Å². The first-order chi connectivity index (χ1) is 6.65. The van der Waals surface area contributed by atoms with E-state index in [2.05, 4.69) is 20.5 Å². The third-order valence-corrected chi connectivity index (χ3v) is 2.31. The molecule has 0 radical (unpaired) electrons. The summed E-state index contributed by atoms with van der Waals surface area (Å²) in [5.41, 5.74) is 5.60. The van der Waals surface area contributed by atoms with E-state index in [0.29, 0.717) is 5.82 Å². The first-order valence-corrected chi connectivity index (χ1v) is 4.60. The molecule has 4 N–H and O–H groups in total. The van der Waals surface area contributed by atoms with Gasteiger partial charge < -0.3 is 11.1 Å². The van der Waals surface area contributed by atoms with Crippen LogP contribution in [0.2, 0.25) is 0 Å². The molecule has 1 amide bonds. The number of hydrogen-bond donors (Lipinski definition) is 3. The monoisotopic (exact) mass is 195 g/mol. The fraction of sp³-hybridized carbons (Fsp3) is 0.625. The fourth-order valence-electron chi connectivity index (χ4n) is 1.47. The maximum atomic E-state index is 11.5. The summed E-state index contributed by atoms with van der Waals surface area (Å²) in [6, 6.07) is 0.422. The number of aryl methyl sites for hydroxylation is 1. The van der Waals surface area contributed by atoms with E-state index in [0.717, 1.165) is 12.8 Å². The second-order valence-electron chi connectivity index (χ2n) is 3.65. The van der Waals surface area contributed by atoms with Gasteiger partial charge in [0.2, 0.25) is 5.82 Å². The van der Waals surface area contributed by atoms with Gasteiger partial charge in [-0.3, -0.25) is 9.89 Å². The highest BCUT2D eigenvalue weighted by Crippen LogP contribution is 2.17. The van der Waals surface area contributed by atoms with E-state index in [1.165, 1.54) is 0 Å². The lowest BCUT2D eigenvalue weighted by Crippen LogP contribution is -2.50. The topological polar surface area (TPSA) is 96.7 Å². The van der Waals surface area contributed by atoms with Gasteiger partial charge in [0.1, 0.15) is 5.82 Å². The van der Waals surface area contributed by atoms with E-state index >= 15 is 0 Å². The van der Waals surface area contributed by atoms with Crippen LogP contribution in [0, 0.1) is 6.92 Å². The molecular formula is C8H13N5O. The number of nitrogens with zero attached hydrogens (tertiary/aromatic N) is 2. The number of H-pyrrole nitrogens is 1. The maximum absolute atomic E-state index is 11.5. The first-order valence-electron chi connectivity index (χ1n) is 4.60. The third kappa shape index (κ3) is 1.74. The smallest absolute Gasteiger partial charge is 0.291 e. The summed E-state index contributed by atoms with van der Waals surface area (Å²) in [7, 11) is 0. The Hall–Kier alpha value is -1.43. The number of amides is 1. The Morgan fingerprint density at radius 3 is 2.86 bits per heavy atom. The van der Waals surface area contributed by atoms with Crippen LogP contribution in [0.15, 0.2) is 0 Å². The van der Waals surface area contributed by atoms with Crippen LogP contribution in [0.4, 0.5) is 0 Å². The molecule has 0 aromatic carbocycles. The minimum absolute atomic E-state index is 0.191. The Balaban J connectivity index is 1.90. The van der Waals surface area contributed by atoms with Gasteiger partial charge in [-0.2, -0.15) is 0 Å². The van der Waals surface area contributed by atoms with E-state index in [4.69, 9.17) is 5.73 Å². The summed E-state index contributed by atoms with van der Waals surface area (Å²) in [5, 5.41) is 9.20. The molecule has 6 heteroatoms. The Labute approximate surface area is 81.3 Å². The molecule has 0 unspecified atom stereocenters. The van der Waals surface area contributed by atoms with Gasteiger partial charge in [-0.05, 0) is 19.8 Å². The number of aromatic nitrogens is 3. The predicted molar refractivity (Wildman–Crippen MR) is 49.6 cm³/mol. The lowest BCUT2D eigenvalue weighted by Gasteiger charge is -2.32. The molecule has 2 rings (SSSR count). The molecule has 1 aromatic rings. The number of rotatable bonds is 2. The lowest BCUT2D eigenvalue weighted by molar-refractivity contribution is 0.0900. The van der Waals surface area contributed by atoms with Crippen molar-refractivity contribution in [1.29, 1.82) is 0 Å². The molecule has 14 heavy (non-hydrogen) atoms. The number of hydrogen-bond acceptors (Lipinski definition) is 4. The van der Waals surface area contributed by atoms with Gasteiger partial charge in [-0.1, -0.05) is 0 Å². The highest BCUT2D eigenvalue weighted by atomic mass is 16.2. The second-order valence-corrected chi connectivity index (χ2v) is 3.65. The minimum Gasteiger partial charge on any atom is -0.346 e. The molecule has 0 aliphatic heterocycles. The van der Waals surface area contributed by atoms with Crippen molar-refractivity contribution in [2.45, 2.75) is 31.8 Å². The van der Waals surface area contributed by atoms with E-state index in [-0.39, 0.29) is 23.8 Å². The summed E-state index contributed by atoms with van der Waals surface area (Å²) in [6.07, 6.45) is 1.68. The molecule has 1 heterocycles. The normalized spacial score (nSPS) is 25.6. The number of nitrogens with one attached hydrogen (secondary N) is 2. The standard InChI is InChI=1S/C8H13N5O/c1-4-10-7(13-12-4)8(14)11-6-2-5(9)3-6/h5-6H,2-3,9H2,1H3,(H,11,14)(H,10,12,13). The van der Waals surface area contributed by atoms with Gasteiger partial charge in [0.05, 0.1) is 0 Å². The van der Waals surface area contributed by atoms with Crippen molar-refractivity contribution in [3.05, 3.63) is 11.6 Å². The van der Waals surface area contributed by atoms with Gasteiger partial charge >= 0.3 is 0 Å². The predicted octanol–water partition coefficient (Wildman–Crippen LogP) is -0.667. The van der Waals surface area contributed by atoms with Crippen molar-refractivity contribution >= 4 is 5.91 Å². The summed E-state index contributed by atoms with van der Waals surface area (Å²) in [5.74, 6) is 0.606. The van der Waals surface area contributed by atoms with E-state index < -0.39 is 0 Å². The molecule has 0 bridgehead atoms. The number of aromatic amines is 1. The molecule has 76 valence electrons. The Morgan fingerprint density at radius 1 is 1.64 bits per heavy atom. The summed E-state index contributed by atoms with van der Waals surface area (Å²) < 4.78 is 0. The van der Waals surface area contributed by atoms with Crippen LogP contribution in [0.5, 0.6) is 0 Å². The van der Waals surface area contributed by atoms with Crippen LogP contribution in [0.3, 0.4) is 0 Å². The third-order valence-electron chi connectivity index (χ3n) is 2.31. The van der Waals surface area contributed by atoms with Crippen LogP contribution < -0.4 is 11.1 Å². The number of nitrogens with two attached hydrogens (primary N) is 1. The Kier molecular flexibility index (Phi) is 2.20. The maximum Gasteiger partial charge on any atom is 0.291 e. The molecule has 0 atom stereocenters. The minimum atomic E-state index is -0.230. The highest BCUT2D eigenvalue weighted by molar-refractivity contribution is 5.90. The summed E-state index contributed by atoms with van der Waals surface area (Å²) >= 11 is 0. The Bertz CT molecular complexity index is 341. The molecule has 1 aromatic heterocycles. The van der Waals surface area contributed by atoms with Gasteiger partial charge in [0.25, 0.3) is 5.91 Å².